The van der Waals surface area contributed by atoms with Gasteiger partial charge in [0.05, 0.1) is 13.7 Å². The molecule has 1 atom stereocenters. The molecule has 5 nitrogen and oxygen atoms in total. The lowest BCUT2D eigenvalue weighted by Crippen LogP contribution is -2.30. The van der Waals surface area contributed by atoms with Crippen molar-refractivity contribution in [3.63, 3.8) is 0 Å². The number of ether oxygens (including phenoxy) is 1. The summed E-state index contributed by atoms with van der Waals surface area (Å²) in [6, 6.07) is 8.17. The largest absolute Gasteiger partial charge is 0.468 e. The molecule has 0 aliphatic rings. The second kappa shape index (κ2) is 6.94. The Bertz CT molecular complexity index is 587. The van der Waals surface area contributed by atoms with E-state index in [4.69, 9.17) is 4.74 Å². The van der Waals surface area contributed by atoms with Crippen molar-refractivity contribution in [1.82, 2.24) is 14.9 Å². The fourth-order valence-electron chi connectivity index (χ4n) is 1.95. The Labute approximate surface area is 120 Å². The van der Waals surface area contributed by atoms with Crippen LogP contribution in [-0.2, 0) is 16.1 Å². The van der Waals surface area contributed by atoms with Gasteiger partial charge in [-0.25, -0.2) is 9.78 Å². The molecule has 2 aromatic rings. The van der Waals surface area contributed by atoms with E-state index in [-0.39, 0.29) is 12.4 Å². The van der Waals surface area contributed by atoms with Crippen LogP contribution in [0.5, 0.6) is 0 Å². The highest BCUT2D eigenvalue weighted by Crippen LogP contribution is 2.16. The molecule has 0 amide bonds. The third-order valence-electron chi connectivity index (χ3n) is 2.99. The lowest BCUT2D eigenvalue weighted by Gasteiger charge is -2.17. The number of carbonyl (C=O) groups is 1. The zero-order valence-electron chi connectivity index (χ0n) is 11.4. The number of rotatable bonds is 6. The van der Waals surface area contributed by atoms with Gasteiger partial charge in [0.25, 0.3) is 0 Å². The zero-order valence-corrected chi connectivity index (χ0v) is 11.4. The van der Waals surface area contributed by atoms with E-state index >= 15 is 0 Å². The molecular weight excluding hydrogens is 280 g/mol. The van der Waals surface area contributed by atoms with E-state index in [9.17, 15) is 13.6 Å². The van der Waals surface area contributed by atoms with Crippen molar-refractivity contribution < 1.29 is 18.3 Å². The molecule has 0 aliphatic heterocycles. The number of hydrogen-bond acceptors (Lipinski definition) is 4. The van der Waals surface area contributed by atoms with Gasteiger partial charge in [0, 0.05) is 12.4 Å². The number of imidazole rings is 1. The number of halogens is 2. The maximum absolute atomic E-state index is 12.7. The SMILES string of the molecule is COC(=O)C(NCc1nccn1C(F)F)c1ccccc1. The fourth-order valence-corrected chi connectivity index (χ4v) is 1.95. The van der Waals surface area contributed by atoms with Crippen LogP contribution in [0.4, 0.5) is 8.78 Å². The van der Waals surface area contributed by atoms with Crippen LogP contribution >= 0.6 is 0 Å². The number of carbonyl (C=O) groups excluding carboxylic acids is 1. The van der Waals surface area contributed by atoms with Crippen molar-refractivity contribution >= 4 is 5.97 Å². The maximum Gasteiger partial charge on any atom is 0.327 e. The summed E-state index contributed by atoms with van der Waals surface area (Å²) in [5, 5.41) is 2.89. The molecule has 1 unspecified atom stereocenters. The number of methoxy groups -OCH3 is 1. The number of nitrogens with one attached hydrogen (secondary N) is 1. The fraction of sp³-hybridized carbons (Fsp3) is 0.286. The van der Waals surface area contributed by atoms with Gasteiger partial charge in [-0.3, -0.25) is 9.88 Å². The van der Waals surface area contributed by atoms with Gasteiger partial charge in [-0.15, -0.1) is 0 Å². The van der Waals surface area contributed by atoms with Crippen molar-refractivity contribution in [3.05, 3.63) is 54.1 Å². The maximum atomic E-state index is 12.7. The summed E-state index contributed by atoms with van der Waals surface area (Å²) in [6.45, 7) is -2.65. The predicted molar refractivity (Wildman–Crippen MR) is 71.5 cm³/mol. The third-order valence-corrected chi connectivity index (χ3v) is 2.99. The lowest BCUT2D eigenvalue weighted by molar-refractivity contribution is -0.143. The minimum absolute atomic E-state index is 0.0198. The van der Waals surface area contributed by atoms with Crippen LogP contribution in [0.3, 0.4) is 0 Å². The summed E-state index contributed by atoms with van der Waals surface area (Å²) >= 11 is 0. The first-order valence-electron chi connectivity index (χ1n) is 6.29. The van der Waals surface area contributed by atoms with Gasteiger partial charge >= 0.3 is 12.5 Å². The predicted octanol–water partition coefficient (Wildman–Crippen LogP) is 2.28. The van der Waals surface area contributed by atoms with Gasteiger partial charge in [-0.2, -0.15) is 8.78 Å². The van der Waals surface area contributed by atoms with Crippen LogP contribution < -0.4 is 5.32 Å². The van der Waals surface area contributed by atoms with Crippen molar-refractivity contribution in [1.29, 1.82) is 0 Å². The van der Waals surface area contributed by atoms with Crippen LogP contribution in [0, 0.1) is 0 Å². The smallest absolute Gasteiger partial charge is 0.327 e. The summed E-state index contributed by atoms with van der Waals surface area (Å²) in [5.74, 6) is -0.341. The van der Waals surface area contributed by atoms with Gasteiger partial charge in [-0.05, 0) is 5.56 Å². The Kier molecular flexibility index (Phi) is 4.99. The molecule has 1 N–H and O–H groups in total. The first-order chi connectivity index (χ1) is 10.1. The molecule has 0 saturated heterocycles. The molecule has 0 radical (unpaired) electrons. The van der Waals surface area contributed by atoms with Crippen molar-refractivity contribution in [2.45, 2.75) is 19.1 Å². The summed E-state index contributed by atoms with van der Waals surface area (Å²) in [6.07, 6.45) is 2.48. The minimum atomic E-state index is -2.67. The highest BCUT2D eigenvalue weighted by molar-refractivity contribution is 5.77. The third kappa shape index (κ3) is 3.63. The van der Waals surface area contributed by atoms with E-state index in [2.05, 4.69) is 10.3 Å². The summed E-state index contributed by atoms with van der Waals surface area (Å²) in [7, 11) is 1.28. The van der Waals surface area contributed by atoms with Gasteiger partial charge < -0.3 is 4.74 Å². The Hall–Kier alpha value is -2.28. The van der Waals surface area contributed by atoms with Crippen LogP contribution in [0.25, 0.3) is 0 Å². The molecule has 7 heteroatoms. The molecule has 0 bridgehead atoms. The van der Waals surface area contributed by atoms with Crippen LogP contribution in [0.15, 0.2) is 42.7 Å². The summed E-state index contributed by atoms with van der Waals surface area (Å²) in [4.78, 5) is 15.7. The first kappa shape index (κ1) is 15.1. The molecule has 1 heterocycles. The Morgan fingerprint density at radius 1 is 1.38 bits per heavy atom. The van der Waals surface area contributed by atoms with Crippen molar-refractivity contribution in [2.24, 2.45) is 0 Å². The molecular formula is C14H15F2N3O2. The van der Waals surface area contributed by atoms with Crippen LogP contribution in [-0.4, -0.2) is 22.6 Å². The summed E-state index contributed by atoms with van der Waals surface area (Å²) < 4.78 is 31.0. The van der Waals surface area contributed by atoms with E-state index in [0.717, 1.165) is 4.57 Å². The van der Waals surface area contributed by atoms with E-state index < -0.39 is 18.6 Å². The zero-order chi connectivity index (χ0) is 15.2. The molecule has 1 aromatic heterocycles. The van der Waals surface area contributed by atoms with Crippen LogP contribution in [0.1, 0.15) is 24.0 Å². The number of aromatic nitrogens is 2. The number of benzene rings is 1. The van der Waals surface area contributed by atoms with E-state index in [0.29, 0.717) is 5.56 Å². The van der Waals surface area contributed by atoms with Gasteiger partial charge in [0.2, 0.25) is 0 Å². The second-order valence-corrected chi connectivity index (χ2v) is 4.28. The van der Waals surface area contributed by atoms with E-state index in [1.807, 2.05) is 6.07 Å². The van der Waals surface area contributed by atoms with Crippen molar-refractivity contribution in [3.8, 4) is 0 Å². The minimum Gasteiger partial charge on any atom is -0.468 e. The normalized spacial score (nSPS) is 12.4. The van der Waals surface area contributed by atoms with E-state index in [1.165, 1.54) is 19.5 Å². The van der Waals surface area contributed by atoms with Gasteiger partial charge in [-0.1, -0.05) is 30.3 Å². The Morgan fingerprint density at radius 2 is 2.10 bits per heavy atom. The topological polar surface area (TPSA) is 56.1 Å². The highest BCUT2D eigenvalue weighted by Gasteiger charge is 2.22. The molecule has 2 rings (SSSR count). The van der Waals surface area contributed by atoms with Crippen LogP contribution in [0.2, 0.25) is 0 Å². The standard InChI is InChI=1S/C14H15F2N3O2/c1-21-13(20)12(10-5-3-2-4-6-10)18-9-11-17-7-8-19(11)14(15)16/h2-8,12,14,18H,9H2,1H3. The summed E-state index contributed by atoms with van der Waals surface area (Å²) in [5.41, 5.74) is 0.694. The molecule has 21 heavy (non-hydrogen) atoms. The molecule has 0 fully saturated rings. The first-order valence-corrected chi connectivity index (χ1v) is 6.29. The molecule has 1 aromatic carbocycles. The monoisotopic (exact) mass is 295 g/mol. The number of esters is 1. The number of alkyl halides is 2. The number of nitrogens with zero attached hydrogens (tertiary/aromatic N) is 2. The number of hydrogen-bond donors (Lipinski definition) is 1. The Balaban J connectivity index is 2.13. The van der Waals surface area contributed by atoms with Gasteiger partial charge in [0.15, 0.2) is 0 Å². The van der Waals surface area contributed by atoms with Gasteiger partial charge in [0.1, 0.15) is 11.9 Å². The second-order valence-electron chi connectivity index (χ2n) is 4.28. The van der Waals surface area contributed by atoms with Crippen molar-refractivity contribution in [2.75, 3.05) is 7.11 Å². The highest BCUT2D eigenvalue weighted by atomic mass is 19.3. The molecule has 0 aliphatic carbocycles. The molecule has 0 saturated carbocycles. The molecule has 112 valence electrons. The average Bonchev–Trinajstić information content (AvgIpc) is 2.97. The molecule has 0 spiro atoms. The average molecular weight is 295 g/mol. The van der Waals surface area contributed by atoms with E-state index in [1.54, 1.807) is 24.3 Å². The quantitative estimate of drug-likeness (QED) is 0.831. The Morgan fingerprint density at radius 3 is 2.71 bits per heavy atom. The lowest BCUT2D eigenvalue weighted by atomic mass is 10.1.